The van der Waals surface area contributed by atoms with Crippen molar-refractivity contribution < 1.29 is 14.0 Å². The summed E-state index contributed by atoms with van der Waals surface area (Å²) in [5.74, 6) is -0.859. The molecular weight excluding hydrogens is 354 g/mol. The number of halogens is 3. The van der Waals surface area contributed by atoms with Crippen LogP contribution in [0.4, 0.5) is 9.18 Å². The van der Waals surface area contributed by atoms with Gasteiger partial charge >= 0.3 is 6.03 Å². The summed E-state index contributed by atoms with van der Waals surface area (Å²) in [7, 11) is 0. The molecule has 2 aromatic rings. The molecule has 7 heteroatoms. The summed E-state index contributed by atoms with van der Waals surface area (Å²) in [6.07, 6.45) is 0. The van der Waals surface area contributed by atoms with E-state index in [1.807, 2.05) is 0 Å². The number of urea groups is 1. The predicted octanol–water partition coefficient (Wildman–Crippen LogP) is 4.10. The number of imide groups is 1. The quantitative estimate of drug-likeness (QED) is 0.831. The molecule has 1 saturated heterocycles. The van der Waals surface area contributed by atoms with Crippen LogP contribution in [0.15, 0.2) is 42.5 Å². The molecule has 24 heavy (non-hydrogen) atoms. The topological polar surface area (TPSA) is 49.4 Å². The second-order valence-electron chi connectivity index (χ2n) is 5.71. The zero-order valence-electron chi connectivity index (χ0n) is 12.6. The first-order valence-electron chi connectivity index (χ1n) is 7.15. The van der Waals surface area contributed by atoms with Crippen molar-refractivity contribution in [2.45, 2.75) is 19.0 Å². The molecular formula is C17H13Cl2FN2O2. The van der Waals surface area contributed by atoms with Gasteiger partial charge in [-0.1, -0.05) is 41.4 Å². The highest BCUT2D eigenvalue weighted by molar-refractivity contribution is 6.42. The Kier molecular flexibility index (Phi) is 4.24. The summed E-state index contributed by atoms with van der Waals surface area (Å²) in [4.78, 5) is 26.1. The fourth-order valence-corrected chi connectivity index (χ4v) is 2.96. The zero-order chi connectivity index (χ0) is 17.5. The van der Waals surface area contributed by atoms with Gasteiger partial charge in [-0.3, -0.25) is 9.69 Å². The van der Waals surface area contributed by atoms with Crippen LogP contribution in [0.3, 0.4) is 0 Å². The van der Waals surface area contributed by atoms with Gasteiger partial charge in [0.1, 0.15) is 11.4 Å². The Morgan fingerprint density at radius 1 is 1.12 bits per heavy atom. The molecule has 3 amide bonds. The fraction of sp³-hybridized carbons (Fsp3) is 0.176. The first-order chi connectivity index (χ1) is 11.3. The van der Waals surface area contributed by atoms with Gasteiger partial charge in [0.05, 0.1) is 16.6 Å². The average molecular weight is 367 g/mol. The SMILES string of the molecule is CC1(c2ccc(Cl)c(Cl)c2)NC(=O)N(Cc2cccc(F)c2)C1=O. The number of nitrogens with one attached hydrogen (secondary N) is 1. The van der Waals surface area contributed by atoms with E-state index in [2.05, 4.69) is 5.32 Å². The second kappa shape index (κ2) is 6.07. The first-order valence-corrected chi connectivity index (χ1v) is 7.91. The maximum atomic E-state index is 13.3. The van der Waals surface area contributed by atoms with Crippen molar-refractivity contribution in [2.75, 3.05) is 0 Å². The minimum Gasteiger partial charge on any atom is -0.319 e. The smallest absolute Gasteiger partial charge is 0.319 e. The number of hydrogen-bond donors (Lipinski definition) is 1. The fourth-order valence-electron chi connectivity index (χ4n) is 2.66. The lowest BCUT2D eigenvalue weighted by Gasteiger charge is -2.22. The third-order valence-corrected chi connectivity index (χ3v) is 4.74. The van der Waals surface area contributed by atoms with Gasteiger partial charge in [0, 0.05) is 0 Å². The van der Waals surface area contributed by atoms with Gasteiger partial charge < -0.3 is 5.32 Å². The molecule has 0 saturated carbocycles. The monoisotopic (exact) mass is 366 g/mol. The van der Waals surface area contributed by atoms with E-state index < -0.39 is 23.3 Å². The van der Waals surface area contributed by atoms with E-state index in [-0.39, 0.29) is 6.54 Å². The lowest BCUT2D eigenvalue weighted by atomic mass is 9.92. The highest BCUT2D eigenvalue weighted by atomic mass is 35.5. The van der Waals surface area contributed by atoms with Crippen molar-refractivity contribution >= 4 is 35.1 Å². The Morgan fingerprint density at radius 2 is 1.88 bits per heavy atom. The average Bonchev–Trinajstić information content (AvgIpc) is 2.74. The Morgan fingerprint density at radius 3 is 2.54 bits per heavy atom. The van der Waals surface area contributed by atoms with E-state index in [0.29, 0.717) is 21.2 Å². The van der Waals surface area contributed by atoms with Gasteiger partial charge in [-0.05, 0) is 42.3 Å². The van der Waals surface area contributed by atoms with E-state index in [9.17, 15) is 14.0 Å². The summed E-state index contributed by atoms with van der Waals surface area (Å²) < 4.78 is 13.3. The van der Waals surface area contributed by atoms with Gasteiger partial charge in [0.15, 0.2) is 0 Å². The third kappa shape index (κ3) is 2.85. The Labute approximate surface area is 148 Å². The van der Waals surface area contributed by atoms with Crippen LogP contribution in [0.5, 0.6) is 0 Å². The molecule has 1 aliphatic rings. The van der Waals surface area contributed by atoms with Gasteiger partial charge in [0.2, 0.25) is 0 Å². The molecule has 1 heterocycles. The van der Waals surface area contributed by atoms with Crippen molar-refractivity contribution in [1.29, 1.82) is 0 Å². The van der Waals surface area contributed by atoms with Crippen molar-refractivity contribution in [1.82, 2.24) is 10.2 Å². The number of hydrogen-bond acceptors (Lipinski definition) is 2. The minimum atomic E-state index is -1.25. The number of rotatable bonds is 3. The maximum absolute atomic E-state index is 13.3. The lowest BCUT2D eigenvalue weighted by molar-refractivity contribution is -0.131. The summed E-state index contributed by atoms with van der Waals surface area (Å²) in [6, 6.07) is 9.98. The van der Waals surface area contributed by atoms with Crippen LogP contribution in [-0.2, 0) is 16.9 Å². The Hall–Kier alpha value is -2.11. The molecule has 1 N–H and O–H groups in total. The maximum Gasteiger partial charge on any atom is 0.325 e. The molecule has 124 valence electrons. The molecule has 1 aliphatic heterocycles. The molecule has 1 fully saturated rings. The van der Waals surface area contributed by atoms with Crippen LogP contribution in [0.25, 0.3) is 0 Å². The standard InChI is InChI=1S/C17H13Cl2FN2O2/c1-17(11-5-6-13(18)14(19)8-11)15(23)22(16(24)21-17)9-10-3-2-4-12(20)7-10/h2-8H,9H2,1H3,(H,21,24). The van der Waals surface area contributed by atoms with Crippen molar-refractivity contribution in [3.8, 4) is 0 Å². The Bertz CT molecular complexity index is 843. The van der Waals surface area contributed by atoms with Gasteiger partial charge in [0.25, 0.3) is 5.91 Å². The van der Waals surface area contributed by atoms with Crippen LogP contribution in [0.1, 0.15) is 18.1 Å². The summed E-state index contributed by atoms with van der Waals surface area (Å²) in [5.41, 5.74) is -0.201. The van der Waals surface area contributed by atoms with Crippen molar-refractivity contribution in [3.05, 3.63) is 69.5 Å². The molecule has 0 aromatic heterocycles. The molecule has 2 aromatic carbocycles. The molecule has 4 nitrogen and oxygen atoms in total. The van der Waals surface area contributed by atoms with Crippen LogP contribution < -0.4 is 5.32 Å². The molecule has 0 radical (unpaired) electrons. The molecule has 0 bridgehead atoms. The molecule has 0 aliphatic carbocycles. The van der Waals surface area contributed by atoms with Gasteiger partial charge in [-0.2, -0.15) is 0 Å². The second-order valence-corrected chi connectivity index (χ2v) is 6.52. The highest BCUT2D eigenvalue weighted by Gasteiger charge is 2.49. The highest BCUT2D eigenvalue weighted by Crippen LogP contribution is 2.33. The minimum absolute atomic E-state index is 0.0145. The Balaban J connectivity index is 1.91. The number of benzene rings is 2. The van der Waals surface area contributed by atoms with Crippen LogP contribution >= 0.6 is 23.2 Å². The van der Waals surface area contributed by atoms with Crippen molar-refractivity contribution in [2.24, 2.45) is 0 Å². The molecule has 3 rings (SSSR count). The summed E-state index contributed by atoms with van der Waals surface area (Å²) in [5, 5.41) is 3.32. The van der Waals surface area contributed by atoms with E-state index >= 15 is 0 Å². The van der Waals surface area contributed by atoms with E-state index in [1.54, 1.807) is 31.2 Å². The summed E-state index contributed by atoms with van der Waals surface area (Å²) in [6.45, 7) is 1.58. The van der Waals surface area contributed by atoms with Crippen molar-refractivity contribution in [3.63, 3.8) is 0 Å². The number of carbonyl (C=O) groups excluding carboxylic acids is 2. The third-order valence-electron chi connectivity index (χ3n) is 4.00. The molecule has 1 atom stereocenters. The summed E-state index contributed by atoms with van der Waals surface area (Å²) >= 11 is 11.9. The normalized spacial score (nSPS) is 20.4. The molecule has 0 spiro atoms. The predicted molar refractivity (Wildman–Crippen MR) is 89.3 cm³/mol. The van der Waals surface area contributed by atoms with Gasteiger partial charge in [-0.25, -0.2) is 9.18 Å². The zero-order valence-corrected chi connectivity index (χ0v) is 14.2. The van der Waals surface area contributed by atoms with Crippen LogP contribution in [0.2, 0.25) is 10.0 Å². The number of amides is 3. The van der Waals surface area contributed by atoms with E-state index in [0.717, 1.165) is 4.90 Å². The van der Waals surface area contributed by atoms with E-state index in [1.165, 1.54) is 18.2 Å². The first kappa shape index (κ1) is 16.7. The van der Waals surface area contributed by atoms with E-state index in [4.69, 9.17) is 23.2 Å². The van der Waals surface area contributed by atoms with Crippen LogP contribution in [0, 0.1) is 5.82 Å². The lowest BCUT2D eigenvalue weighted by Crippen LogP contribution is -2.40. The number of carbonyl (C=O) groups is 2. The van der Waals surface area contributed by atoms with Crippen LogP contribution in [-0.4, -0.2) is 16.8 Å². The largest absolute Gasteiger partial charge is 0.325 e. The van der Waals surface area contributed by atoms with Gasteiger partial charge in [-0.15, -0.1) is 0 Å². The number of nitrogens with zero attached hydrogens (tertiary/aromatic N) is 1. The molecule has 1 unspecified atom stereocenters.